The van der Waals surface area contributed by atoms with Crippen molar-refractivity contribution in [2.45, 2.75) is 6.42 Å². The molecule has 0 unspecified atom stereocenters. The van der Waals surface area contributed by atoms with Gasteiger partial charge >= 0.3 is 0 Å². The fourth-order valence-corrected chi connectivity index (χ4v) is 2.55. The van der Waals surface area contributed by atoms with Crippen molar-refractivity contribution in [3.05, 3.63) is 59.7 Å². The van der Waals surface area contributed by atoms with E-state index in [4.69, 9.17) is 9.47 Å². The van der Waals surface area contributed by atoms with Crippen LogP contribution in [-0.2, 0) is 9.59 Å². The summed E-state index contributed by atoms with van der Waals surface area (Å²) in [5, 5.41) is 19.9. The van der Waals surface area contributed by atoms with Crippen molar-refractivity contribution in [2.75, 3.05) is 26.3 Å². The number of phenols is 2. The first-order valence-corrected chi connectivity index (χ1v) is 9.85. The van der Waals surface area contributed by atoms with Crippen LogP contribution in [-0.4, -0.2) is 48.1 Å². The molecule has 0 spiro atoms. The van der Waals surface area contributed by atoms with Crippen LogP contribution in [0.4, 0.5) is 0 Å². The van der Waals surface area contributed by atoms with E-state index in [2.05, 4.69) is 11.5 Å². The molecule has 0 atom stereocenters. The summed E-state index contributed by atoms with van der Waals surface area (Å²) in [6, 6.07) is 9.55. The third-order valence-electron chi connectivity index (χ3n) is 4.04. The normalized spacial score (nSPS) is 10.5. The molecule has 0 bridgehead atoms. The van der Waals surface area contributed by atoms with Gasteiger partial charge in [0.15, 0.2) is 34.6 Å². The summed E-state index contributed by atoms with van der Waals surface area (Å²) >= 11 is 0. The second-order valence-electron chi connectivity index (χ2n) is 6.63. The first-order chi connectivity index (χ1) is 14.9. The van der Waals surface area contributed by atoms with E-state index in [0.29, 0.717) is 48.9 Å². The quantitative estimate of drug-likeness (QED) is 0.169. The lowest BCUT2D eigenvalue weighted by Crippen LogP contribution is -3.00. The highest BCUT2D eigenvalue weighted by Crippen LogP contribution is 2.28. The van der Waals surface area contributed by atoms with E-state index in [-0.39, 0.29) is 54.3 Å². The Morgan fingerprint density at radius 3 is 1.48 bits per heavy atom. The first-order valence-electron chi connectivity index (χ1n) is 9.85. The van der Waals surface area contributed by atoms with Gasteiger partial charge < -0.3 is 56.0 Å². The minimum atomic E-state index is -0.369. The second kappa shape index (κ2) is 15.7. The Bertz CT molecular complexity index is 902. The van der Waals surface area contributed by atoms with Gasteiger partial charge in [0.2, 0.25) is 0 Å². The molecule has 0 aromatic heterocycles. The van der Waals surface area contributed by atoms with Crippen LogP contribution in [0.15, 0.2) is 48.6 Å². The van der Waals surface area contributed by atoms with E-state index in [1.807, 2.05) is 0 Å². The van der Waals surface area contributed by atoms with E-state index in [1.54, 1.807) is 24.3 Å². The molecule has 2 aromatic rings. The second-order valence-corrected chi connectivity index (χ2v) is 6.63. The number of ether oxygens (including phenoxy) is 2. The van der Waals surface area contributed by atoms with Gasteiger partial charge in [0.1, 0.15) is 26.3 Å². The molecule has 33 heavy (non-hydrogen) atoms. The molecular formula is C23H28Cl2N2O6. The zero-order chi connectivity index (χ0) is 22.6. The Labute approximate surface area is 204 Å². The molecule has 0 saturated heterocycles. The maximum atomic E-state index is 12.0. The lowest BCUT2D eigenvalue weighted by Gasteiger charge is -2.06. The van der Waals surface area contributed by atoms with E-state index in [1.165, 1.54) is 36.4 Å². The highest BCUT2D eigenvalue weighted by atomic mass is 35.5. The lowest BCUT2D eigenvalue weighted by atomic mass is 10.1. The summed E-state index contributed by atoms with van der Waals surface area (Å²) in [6.45, 7) is 1.95. The third kappa shape index (κ3) is 10.4. The van der Waals surface area contributed by atoms with Crippen molar-refractivity contribution in [1.82, 2.24) is 0 Å². The predicted octanol–water partition coefficient (Wildman–Crippen LogP) is -5.40. The van der Waals surface area contributed by atoms with Crippen LogP contribution in [0.3, 0.4) is 0 Å². The zero-order valence-electron chi connectivity index (χ0n) is 18.0. The van der Waals surface area contributed by atoms with E-state index in [0.717, 1.165) is 0 Å². The number of allylic oxidation sites excluding steroid dienone is 2. The number of carbonyl (C=O) groups is 2. The van der Waals surface area contributed by atoms with Crippen LogP contribution in [0.5, 0.6) is 23.0 Å². The van der Waals surface area contributed by atoms with Gasteiger partial charge in [-0.1, -0.05) is 24.3 Å². The summed E-state index contributed by atoms with van der Waals surface area (Å²) in [7, 11) is 0. The Morgan fingerprint density at radius 1 is 0.758 bits per heavy atom. The number of carbonyl (C=O) groups excluding carboxylic acids is 2. The number of hydrogen-bond acceptors (Lipinski definition) is 6. The molecular weight excluding hydrogens is 471 g/mol. The fraction of sp³-hybridized carbons (Fsp3) is 0.217. The molecule has 0 aliphatic rings. The Morgan fingerprint density at radius 2 is 1.15 bits per heavy atom. The number of ketones is 2. The molecule has 0 amide bonds. The molecule has 2 rings (SSSR count). The number of halogens is 2. The van der Waals surface area contributed by atoms with Gasteiger partial charge in [-0.15, -0.1) is 0 Å². The first kappa shape index (κ1) is 30.0. The summed E-state index contributed by atoms with van der Waals surface area (Å²) in [6.07, 6.45) is 5.33. The van der Waals surface area contributed by atoms with Gasteiger partial charge in [0.05, 0.1) is 6.42 Å². The third-order valence-corrected chi connectivity index (χ3v) is 4.04. The minimum absolute atomic E-state index is 0. The molecule has 2 aromatic carbocycles. The topological polar surface area (TPSA) is 148 Å². The average Bonchev–Trinajstić information content (AvgIpc) is 2.75. The van der Waals surface area contributed by atoms with Gasteiger partial charge in [0, 0.05) is 0 Å². The van der Waals surface area contributed by atoms with Gasteiger partial charge in [-0.3, -0.25) is 9.59 Å². The largest absolute Gasteiger partial charge is 1.00 e. The number of rotatable bonds is 12. The van der Waals surface area contributed by atoms with Gasteiger partial charge in [0.25, 0.3) is 0 Å². The standard InChI is InChI=1S/C23H26N2O6.2ClH/c24-9-11-30-22-7-3-16(13-20(22)28)1-5-18(26)15-19(27)6-2-17-4-8-23(21(29)14-17)31-12-10-25;;/h1-8,13-14,28-29H,9-12,15,24-25H2;2*1H/b5-1+,6-2+;;. The van der Waals surface area contributed by atoms with Crippen molar-refractivity contribution < 1.29 is 65.6 Å². The minimum Gasteiger partial charge on any atom is -1.00 e. The fourth-order valence-electron chi connectivity index (χ4n) is 2.55. The van der Waals surface area contributed by atoms with Crippen molar-refractivity contribution in [1.29, 1.82) is 0 Å². The molecule has 0 aliphatic carbocycles. The molecule has 180 valence electrons. The highest BCUT2D eigenvalue weighted by Gasteiger charge is 2.07. The molecule has 0 aliphatic heterocycles. The smallest absolute Gasteiger partial charge is 0.163 e. The van der Waals surface area contributed by atoms with Gasteiger partial charge in [-0.05, 0) is 47.5 Å². The summed E-state index contributed by atoms with van der Waals surface area (Å²) in [5.41, 5.74) is 8.53. The van der Waals surface area contributed by atoms with E-state index >= 15 is 0 Å². The average molecular weight is 499 g/mol. The van der Waals surface area contributed by atoms with Crippen LogP contribution < -0.4 is 45.8 Å². The van der Waals surface area contributed by atoms with Crippen LogP contribution >= 0.6 is 0 Å². The Kier molecular flexibility index (Phi) is 14.3. The number of benzene rings is 2. The van der Waals surface area contributed by atoms with Crippen molar-refractivity contribution in [2.24, 2.45) is 0 Å². The number of quaternary nitrogens is 2. The molecule has 0 saturated carbocycles. The lowest BCUT2D eigenvalue weighted by molar-refractivity contribution is -0.371. The van der Waals surface area contributed by atoms with E-state index in [9.17, 15) is 19.8 Å². The number of hydrogen-bond donors (Lipinski definition) is 4. The SMILES string of the molecule is [Cl-].[Cl-].[NH3+]CCOc1ccc(/C=C/C(=O)CC(=O)/C=C/c2ccc(OCC[NH3+])c(O)c2)cc1O. The predicted molar refractivity (Wildman–Crippen MR) is 115 cm³/mol. The van der Waals surface area contributed by atoms with Crippen molar-refractivity contribution in [3.8, 4) is 23.0 Å². The van der Waals surface area contributed by atoms with Gasteiger partial charge in [-0.2, -0.15) is 0 Å². The van der Waals surface area contributed by atoms with Crippen molar-refractivity contribution in [3.63, 3.8) is 0 Å². The maximum Gasteiger partial charge on any atom is 0.163 e. The monoisotopic (exact) mass is 498 g/mol. The molecule has 0 radical (unpaired) electrons. The van der Waals surface area contributed by atoms with Gasteiger partial charge in [-0.25, -0.2) is 0 Å². The summed E-state index contributed by atoms with van der Waals surface area (Å²) in [4.78, 5) is 24.1. The Hall–Kier alpha value is -3.04. The summed E-state index contributed by atoms with van der Waals surface area (Å²) in [5.74, 6) is -0.111. The van der Waals surface area contributed by atoms with Crippen LogP contribution in [0.2, 0.25) is 0 Å². The highest BCUT2D eigenvalue weighted by molar-refractivity contribution is 6.10. The van der Waals surface area contributed by atoms with Crippen molar-refractivity contribution >= 4 is 23.7 Å². The number of aromatic hydroxyl groups is 2. The molecule has 8 N–H and O–H groups in total. The molecule has 10 heteroatoms. The Balaban J connectivity index is 0.00000512. The van der Waals surface area contributed by atoms with Crippen LogP contribution in [0.1, 0.15) is 17.5 Å². The molecule has 0 fully saturated rings. The zero-order valence-corrected chi connectivity index (χ0v) is 19.5. The van der Waals surface area contributed by atoms with Crippen LogP contribution in [0, 0.1) is 0 Å². The van der Waals surface area contributed by atoms with Crippen LogP contribution in [0.25, 0.3) is 12.2 Å². The maximum absolute atomic E-state index is 12.0. The molecule has 8 nitrogen and oxygen atoms in total. The van der Waals surface area contributed by atoms with E-state index < -0.39 is 0 Å². The summed E-state index contributed by atoms with van der Waals surface area (Å²) < 4.78 is 10.7. The number of phenolic OH excluding ortho intramolecular Hbond substituents is 2. The molecule has 0 heterocycles.